The number of furan rings is 1. The Bertz CT molecular complexity index is 2480. The lowest BCUT2D eigenvalue weighted by Crippen LogP contribution is -1.93. The molecule has 0 radical (unpaired) electrons. The summed E-state index contributed by atoms with van der Waals surface area (Å²) in [6.45, 7) is 0. The normalized spacial score (nSPS) is 11.9. The van der Waals surface area contributed by atoms with Gasteiger partial charge in [-0.2, -0.15) is 0 Å². The molecule has 198 valence electrons. The Kier molecular flexibility index (Phi) is 4.75. The number of aryl methyl sites for hydroxylation is 1. The molecule has 0 saturated heterocycles. The van der Waals surface area contributed by atoms with Crippen molar-refractivity contribution in [1.82, 2.24) is 19.5 Å². The molecule has 1 N–H and O–H groups in total. The Labute approximate surface area is 240 Å². The third-order valence-corrected chi connectivity index (χ3v) is 8.42. The summed E-state index contributed by atoms with van der Waals surface area (Å²) in [7, 11) is 2.10. The molecule has 4 aromatic heterocycles. The van der Waals surface area contributed by atoms with Gasteiger partial charge in [0.2, 0.25) is 0 Å². The molecule has 0 unspecified atom stereocenters. The fourth-order valence-electron chi connectivity index (χ4n) is 6.44. The van der Waals surface area contributed by atoms with Crippen molar-refractivity contribution in [3.05, 3.63) is 121 Å². The van der Waals surface area contributed by atoms with Crippen molar-refractivity contribution in [2.45, 2.75) is 0 Å². The first kappa shape index (κ1) is 23.1. The van der Waals surface area contributed by atoms with Gasteiger partial charge >= 0.3 is 0 Å². The third kappa shape index (κ3) is 3.25. The van der Waals surface area contributed by atoms with Crippen LogP contribution in [0.25, 0.3) is 88.5 Å². The van der Waals surface area contributed by atoms with E-state index < -0.39 is 0 Å². The Morgan fingerprint density at radius 3 is 2.36 bits per heavy atom. The molecular formula is C37H24N4O. The topological polar surface area (TPSA) is 59.6 Å². The van der Waals surface area contributed by atoms with Crippen molar-refractivity contribution in [1.29, 1.82) is 0 Å². The second-order valence-electron chi connectivity index (χ2n) is 10.8. The molecule has 9 aromatic rings. The van der Waals surface area contributed by atoms with E-state index in [9.17, 15) is 0 Å². The maximum absolute atomic E-state index is 6.40. The van der Waals surface area contributed by atoms with Crippen LogP contribution in [0.3, 0.4) is 0 Å². The van der Waals surface area contributed by atoms with Gasteiger partial charge in [0, 0.05) is 57.0 Å². The van der Waals surface area contributed by atoms with E-state index in [4.69, 9.17) is 9.40 Å². The number of aromatic nitrogens is 4. The lowest BCUT2D eigenvalue weighted by atomic mass is 9.97. The number of pyridine rings is 1. The Balaban J connectivity index is 1.32. The molecule has 5 nitrogen and oxygen atoms in total. The summed E-state index contributed by atoms with van der Waals surface area (Å²) in [6, 6.07) is 39.9. The van der Waals surface area contributed by atoms with E-state index in [1.165, 1.54) is 10.8 Å². The number of aromatic amines is 1. The van der Waals surface area contributed by atoms with Gasteiger partial charge in [0.15, 0.2) is 0 Å². The minimum Gasteiger partial charge on any atom is -0.455 e. The van der Waals surface area contributed by atoms with Crippen molar-refractivity contribution >= 4 is 54.8 Å². The van der Waals surface area contributed by atoms with Crippen LogP contribution in [0.15, 0.2) is 126 Å². The summed E-state index contributed by atoms with van der Waals surface area (Å²) < 4.78 is 8.60. The van der Waals surface area contributed by atoms with Crippen LogP contribution in [-0.2, 0) is 7.05 Å². The SMILES string of the molecule is Cn1c(-c2cccc3c2[nH]c2ccccc23)nc2c(-c3cc(-c4ccccn4)c4oc5ccccc5c4c3)cccc21. The fourth-order valence-corrected chi connectivity index (χ4v) is 6.44. The molecule has 5 heteroatoms. The second kappa shape index (κ2) is 8.66. The third-order valence-electron chi connectivity index (χ3n) is 8.42. The average molecular weight is 541 g/mol. The minimum atomic E-state index is 0.845. The molecule has 0 aliphatic rings. The highest BCUT2D eigenvalue weighted by Crippen LogP contribution is 2.41. The molecule has 0 saturated carbocycles. The van der Waals surface area contributed by atoms with Gasteiger partial charge in [-0.3, -0.25) is 4.98 Å². The lowest BCUT2D eigenvalue weighted by Gasteiger charge is -2.08. The van der Waals surface area contributed by atoms with Gasteiger partial charge in [0.05, 0.1) is 22.2 Å². The minimum absolute atomic E-state index is 0.845. The summed E-state index contributed by atoms with van der Waals surface area (Å²) in [4.78, 5) is 13.7. The summed E-state index contributed by atoms with van der Waals surface area (Å²) >= 11 is 0. The number of hydrogen-bond donors (Lipinski definition) is 1. The predicted octanol–water partition coefficient (Wildman–Crippen LogP) is 9.50. The first-order chi connectivity index (χ1) is 20.7. The van der Waals surface area contributed by atoms with Crippen LogP contribution in [0, 0.1) is 0 Å². The van der Waals surface area contributed by atoms with Gasteiger partial charge in [-0.15, -0.1) is 0 Å². The number of rotatable bonds is 3. The zero-order valence-electron chi connectivity index (χ0n) is 22.8. The molecule has 4 heterocycles. The molecule has 0 amide bonds. The molecule has 0 fully saturated rings. The quantitative estimate of drug-likeness (QED) is 0.243. The highest BCUT2D eigenvalue weighted by Gasteiger charge is 2.20. The van der Waals surface area contributed by atoms with Crippen LogP contribution in [0.4, 0.5) is 0 Å². The number of nitrogens with zero attached hydrogens (tertiary/aromatic N) is 3. The Hall–Kier alpha value is -5.68. The molecule has 42 heavy (non-hydrogen) atoms. The zero-order chi connectivity index (χ0) is 27.8. The number of imidazole rings is 1. The van der Waals surface area contributed by atoms with Crippen LogP contribution in [0.5, 0.6) is 0 Å². The second-order valence-corrected chi connectivity index (χ2v) is 10.8. The van der Waals surface area contributed by atoms with E-state index in [1.54, 1.807) is 0 Å². The fraction of sp³-hybridized carbons (Fsp3) is 0.0270. The molecule has 9 rings (SSSR count). The summed E-state index contributed by atoms with van der Waals surface area (Å²) in [5.41, 5.74) is 11.1. The Morgan fingerprint density at radius 2 is 1.45 bits per heavy atom. The number of nitrogens with one attached hydrogen (secondary N) is 1. The number of benzene rings is 5. The van der Waals surface area contributed by atoms with Crippen molar-refractivity contribution in [2.75, 3.05) is 0 Å². The number of hydrogen-bond acceptors (Lipinski definition) is 3. The first-order valence-corrected chi connectivity index (χ1v) is 14.1. The van der Waals surface area contributed by atoms with Gasteiger partial charge in [0.25, 0.3) is 0 Å². The van der Waals surface area contributed by atoms with Crippen molar-refractivity contribution in [3.8, 4) is 33.8 Å². The molecule has 0 aliphatic carbocycles. The number of fused-ring (bicyclic) bond motifs is 7. The molecule has 5 aromatic carbocycles. The smallest absolute Gasteiger partial charge is 0.144 e. The largest absolute Gasteiger partial charge is 0.455 e. The molecule has 0 atom stereocenters. The maximum Gasteiger partial charge on any atom is 0.144 e. The van der Waals surface area contributed by atoms with Gasteiger partial charge < -0.3 is 14.0 Å². The first-order valence-electron chi connectivity index (χ1n) is 14.1. The highest BCUT2D eigenvalue weighted by atomic mass is 16.3. The van der Waals surface area contributed by atoms with E-state index in [0.29, 0.717) is 0 Å². The monoisotopic (exact) mass is 540 g/mol. The van der Waals surface area contributed by atoms with Crippen molar-refractivity contribution in [2.24, 2.45) is 7.05 Å². The van der Waals surface area contributed by atoms with E-state index in [1.807, 2.05) is 36.5 Å². The molecule has 0 spiro atoms. The number of H-pyrrole nitrogens is 1. The van der Waals surface area contributed by atoms with Crippen molar-refractivity contribution in [3.63, 3.8) is 0 Å². The van der Waals surface area contributed by atoms with Gasteiger partial charge in [-0.25, -0.2) is 4.98 Å². The van der Waals surface area contributed by atoms with Crippen molar-refractivity contribution < 1.29 is 4.42 Å². The Morgan fingerprint density at radius 1 is 0.667 bits per heavy atom. The predicted molar refractivity (Wildman–Crippen MR) is 171 cm³/mol. The highest BCUT2D eigenvalue weighted by molar-refractivity contribution is 6.13. The maximum atomic E-state index is 6.40. The van der Waals surface area contributed by atoms with Crippen LogP contribution < -0.4 is 0 Å². The van der Waals surface area contributed by atoms with E-state index >= 15 is 0 Å². The molecule has 0 aliphatic heterocycles. The molecular weight excluding hydrogens is 516 g/mol. The van der Waals surface area contributed by atoms with Gasteiger partial charge in [0.1, 0.15) is 17.0 Å². The summed E-state index contributed by atoms with van der Waals surface area (Å²) in [5, 5.41) is 4.58. The summed E-state index contributed by atoms with van der Waals surface area (Å²) in [6.07, 6.45) is 1.83. The number of para-hydroxylation sites is 4. The lowest BCUT2D eigenvalue weighted by molar-refractivity contribution is 0.670. The average Bonchev–Trinajstić information content (AvgIpc) is 3.72. The van der Waals surface area contributed by atoms with E-state index in [0.717, 1.165) is 77.8 Å². The van der Waals surface area contributed by atoms with Crippen LogP contribution >= 0.6 is 0 Å². The van der Waals surface area contributed by atoms with Gasteiger partial charge in [-0.1, -0.05) is 66.7 Å². The van der Waals surface area contributed by atoms with Gasteiger partial charge in [-0.05, 0) is 54.1 Å². The van der Waals surface area contributed by atoms with E-state index in [-0.39, 0.29) is 0 Å². The van der Waals surface area contributed by atoms with Crippen LogP contribution in [0.1, 0.15) is 0 Å². The van der Waals surface area contributed by atoms with E-state index in [2.05, 4.69) is 107 Å². The standard InChI is InChI=1S/C37H24N4O/c1-41-32-17-9-12-23(35(32)40-37(41)27-14-8-13-26-24-10-2-4-16-31(24)39-34(26)27)22-20-28-25-11-3-5-18-33(25)42-36(28)29(21-22)30-15-6-7-19-38-30/h2-21,39H,1H3. The zero-order valence-corrected chi connectivity index (χ0v) is 22.8. The summed E-state index contributed by atoms with van der Waals surface area (Å²) in [5.74, 6) is 0.925. The van der Waals surface area contributed by atoms with Crippen LogP contribution in [0.2, 0.25) is 0 Å². The van der Waals surface area contributed by atoms with Crippen LogP contribution in [-0.4, -0.2) is 19.5 Å². The molecule has 0 bridgehead atoms.